The van der Waals surface area contributed by atoms with E-state index in [-0.39, 0.29) is 12.6 Å². The monoisotopic (exact) mass is 172 g/mol. The molecule has 4 heteroatoms. The van der Waals surface area contributed by atoms with Gasteiger partial charge in [-0.2, -0.15) is 0 Å². The van der Waals surface area contributed by atoms with Crippen molar-refractivity contribution in [2.45, 2.75) is 31.7 Å². The van der Waals surface area contributed by atoms with E-state index in [1.807, 2.05) is 0 Å². The normalized spacial score (nSPS) is 24.1. The molecule has 1 atom stereocenters. The van der Waals surface area contributed by atoms with E-state index in [9.17, 15) is 9.90 Å². The molecule has 0 saturated carbocycles. The summed E-state index contributed by atoms with van der Waals surface area (Å²) < 4.78 is 0. The average Bonchev–Trinajstić information content (AvgIpc) is 2.05. The van der Waals surface area contributed by atoms with Crippen molar-refractivity contribution in [1.82, 2.24) is 4.90 Å². The number of nitrogens with zero attached hydrogens (tertiary/aromatic N) is 1. The molecule has 0 aromatic rings. The van der Waals surface area contributed by atoms with Crippen LogP contribution in [0.1, 0.15) is 25.7 Å². The van der Waals surface area contributed by atoms with Gasteiger partial charge in [0, 0.05) is 19.2 Å². The molecule has 1 aliphatic rings. The number of hydrogen-bond acceptors (Lipinski definition) is 3. The number of piperidine rings is 1. The molecule has 70 valence electrons. The number of carbonyl (C=O) groups excluding carboxylic acids is 1. The largest absolute Gasteiger partial charge is 0.530 e. The van der Waals surface area contributed by atoms with E-state index in [2.05, 4.69) is 0 Å². The molecule has 0 aliphatic carbocycles. The fourth-order valence-electron chi connectivity index (χ4n) is 1.69. The Morgan fingerprint density at radius 1 is 1.58 bits per heavy atom. The lowest BCUT2D eigenvalue weighted by atomic mass is 10.0. The molecule has 1 aliphatic heterocycles. The lowest BCUT2D eigenvalue weighted by Crippen LogP contribution is -2.50. The Labute approximate surface area is 71.8 Å². The number of likely N-dealkylation sites (tertiary alicyclic amines) is 1. The smallest absolute Gasteiger partial charge is 0.137 e. The summed E-state index contributed by atoms with van der Waals surface area (Å²) in [5.74, 6) is 0. The van der Waals surface area contributed by atoms with Gasteiger partial charge in [0.15, 0.2) is 0 Å². The average molecular weight is 172 g/mol. The zero-order chi connectivity index (χ0) is 8.97. The second kappa shape index (κ2) is 4.30. The highest BCUT2D eigenvalue weighted by molar-refractivity contribution is 5.63. The molecule has 0 aromatic heterocycles. The summed E-state index contributed by atoms with van der Waals surface area (Å²) in [5, 5.41) is 19.3. The molecule has 0 aromatic carbocycles. The number of rotatable bonds is 2. The maximum absolute atomic E-state index is 10.6. The molecular weight excluding hydrogens is 158 g/mol. The third-order valence-electron chi connectivity index (χ3n) is 2.32. The van der Waals surface area contributed by atoms with Gasteiger partial charge in [0.1, 0.15) is 6.09 Å². The predicted octanol–water partition coefficient (Wildman–Crippen LogP) is -0.433. The minimum atomic E-state index is -1.10. The highest BCUT2D eigenvalue weighted by Gasteiger charge is 2.21. The molecular formula is C8H14NO3-. The molecule has 1 N–H and O–H groups in total. The SMILES string of the molecule is O=C([O-])N1CCCCC1CCO. The van der Waals surface area contributed by atoms with Crippen molar-refractivity contribution < 1.29 is 15.0 Å². The predicted molar refractivity (Wildman–Crippen MR) is 41.4 cm³/mol. The molecule has 0 radical (unpaired) electrons. The van der Waals surface area contributed by atoms with Crippen molar-refractivity contribution in [3.05, 3.63) is 0 Å². The maximum atomic E-state index is 10.6. The highest BCUT2D eigenvalue weighted by atomic mass is 16.4. The number of carboxylic acid groups (broad SMARTS) is 1. The van der Waals surface area contributed by atoms with Gasteiger partial charge in [-0.25, -0.2) is 0 Å². The maximum Gasteiger partial charge on any atom is 0.137 e. The van der Waals surface area contributed by atoms with Crippen molar-refractivity contribution in [3.8, 4) is 0 Å². The van der Waals surface area contributed by atoms with Crippen molar-refractivity contribution >= 4 is 6.09 Å². The van der Waals surface area contributed by atoms with Gasteiger partial charge in [0.2, 0.25) is 0 Å². The van der Waals surface area contributed by atoms with E-state index in [0.717, 1.165) is 19.3 Å². The van der Waals surface area contributed by atoms with Crippen LogP contribution in [0.4, 0.5) is 4.79 Å². The zero-order valence-electron chi connectivity index (χ0n) is 7.03. The second-order valence-corrected chi connectivity index (χ2v) is 3.12. The molecule has 1 rings (SSSR count). The summed E-state index contributed by atoms with van der Waals surface area (Å²) in [6.07, 6.45) is 2.25. The fraction of sp³-hybridized carbons (Fsp3) is 0.875. The van der Waals surface area contributed by atoms with E-state index in [0.29, 0.717) is 13.0 Å². The second-order valence-electron chi connectivity index (χ2n) is 3.12. The molecule has 1 heterocycles. The van der Waals surface area contributed by atoms with Crippen LogP contribution in [0.15, 0.2) is 0 Å². The molecule has 1 unspecified atom stereocenters. The van der Waals surface area contributed by atoms with Gasteiger partial charge in [-0.15, -0.1) is 0 Å². The van der Waals surface area contributed by atoms with Crippen molar-refractivity contribution in [2.24, 2.45) is 0 Å². The van der Waals surface area contributed by atoms with E-state index in [1.54, 1.807) is 0 Å². The Morgan fingerprint density at radius 2 is 2.33 bits per heavy atom. The highest BCUT2D eigenvalue weighted by Crippen LogP contribution is 2.18. The Hall–Kier alpha value is -0.770. The zero-order valence-corrected chi connectivity index (χ0v) is 7.03. The molecule has 0 spiro atoms. The summed E-state index contributed by atoms with van der Waals surface area (Å²) in [7, 11) is 0. The molecule has 0 bridgehead atoms. The van der Waals surface area contributed by atoms with E-state index in [1.165, 1.54) is 4.90 Å². The number of aliphatic hydroxyl groups is 1. The van der Waals surface area contributed by atoms with Gasteiger partial charge in [0.05, 0.1) is 0 Å². The third kappa shape index (κ3) is 2.11. The Morgan fingerprint density at radius 3 is 2.92 bits per heavy atom. The summed E-state index contributed by atoms with van der Waals surface area (Å²) in [4.78, 5) is 11.9. The van der Waals surface area contributed by atoms with Crippen LogP contribution in [0.25, 0.3) is 0 Å². The fourth-order valence-corrected chi connectivity index (χ4v) is 1.69. The standard InChI is InChI=1S/C8H15NO3/c10-6-4-7-3-1-2-5-9(7)8(11)12/h7,10H,1-6H2,(H,11,12)/p-1. The quantitative estimate of drug-likeness (QED) is 0.614. The van der Waals surface area contributed by atoms with Crippen molar-refractivity contribution in [2.75, 3.05) is 13.2 Å². The van der Waals surface area contributed by atoms with Crippen LogP contribution in [-0.2, 0) is 0 Å². The number of amides is 1. The van der Waals surface area contributed by atoms with Crippen molar-refractivity contribution in [1.29, 1.82) is 0 Å². The summed E-state index contributed by atoms with van der Waals surface area (Å²) in [6, 6.07) is -0.0197. The number of aliphatic hydroxyl groups excluding tert-OH is 1. The Kier molecular flexibility index (Phi) is 3.34. The molecule has 4 nitrogen and oxygen atoms in total. The molecule has 1 amide bonds. The van der Waals surface area contributed by atoms with Gasteiger partial charge < -0.3 is 19.9 Å². The van der Waals surface area contributed by atoms with Crippen LogP contribution < -0.4 is 5.11 Å². The minimum absolute atomic E-state index is 0.0197. The topological polar surface area (TPSA) is 63.6 Å². The van der Waals surface area contributed by atoms with Gasteiger partial charge >= 0.3 is 0 Å². The van der Waals surface area contributed by atoms with Crippen LogP contribution in [0.3, 0.4) is 0 Å². The van der Waals surface area contributed by atoms with Crippen LogP contribution in [-0.4, -0.2) is 35.3 Å². The van der Waals surface area contributed by atoms with Crippen LogP contribution in [0.2, 0.25) is 0 Å². The third-order valence-corrected chi connectivity index (χ3v) is 2.32. The lowest BCUT2D eigenvalue weighted by molar-refractivity contribution is -0.269. The Balaban J connectivity index is 2.48. The first kappa shape index (κ1) is 9.32. The van der Waals surface area contributed by atoms with E-state index >= 15 is 0 Å². The summed E-state index contributed by atoms with van der Waals surface area (Å²) in [5.41, 5.74) is 0. The van der Waals surface area contributed by atoms with Gasteiger partial charge in [-0.3, -0.25) is 0 Å². The van der Waals surface area contributed by atoms with E-state index < -0.39 is 6.09 Å². The summed E-state index contributed by atoms with van der Waals surface area (Å²) in [6.45, 7) is 0.613. The van der Waals surface area contributed by atoms with Crippen LogP contribution in [0.5, 0.6) is 0 Å². The molecule has 12 heavy (non-hydrogen) atoms. The first-order valence-electron chi connectivity index (χ1n) is 4.34. The molecule has 1 fully saturated rings. The first-order chi connectivity index (χ1) is 5.75. The van der Waals surface area contributed by atoms with Gasteiger partial charge in [0.25, 0.3) is 0 Å². The van der Waals surface area contributed by atoms with E-state index in [4.69, 9.17) is 5.11 Å². The number of carbonyl (C=O) groups is 1. The summed E-state index contributed by atoms with van der Waals surface area (Å²) >= 11 is 0. The lowest BCUT2D eigenvalue weighted by Gasteiger charge is -2.37. The van der Waals surface area contributed by atoms with Gasteiger partial charge in [-0.1, -0.05) is 0 Å². The minimum Gasteiger partial charge on any atom is -0.530 e. The Bertz CT molecular complexity index is 158. The number of hydrogen-bond donors (Lipinski definition) is 1. The van der Waals surface area contributed by atoms with Crippen molar-refractivity contribution in [3.63, 3.8) is 0 Å². The van der Waals surface area contributed by atoms with Crippen LogP contribution in [0, 0.1) is 0 Å². The van der Waals surface area contributed by atoms with Gasteiger partial charge in [-0.05, 0) is 25.7 Å². The van der Waals surface area contributed by atoms with Crippen LogP contribution >= 0.6 is 0 Å². The molecule has 1 saturated heterocycles. The first-order valence-corrected chi connectivity index (χ1v) is 4.34.